The number of piperidine rings is 1. The molecule has 1 fully saturated rings. The molecule has 7 nitrogen and oxygen atoms in total. The number of nitrogens with one attached hydrogen (secondary N) is 1. The Morgan fingerprint density at radius 2 is 2.10 bits per heavy atom. The number of aliphatic hydroxyl groups is 1. The Morgan fingerprint density at radius 3 is 2.67 bits per heavy atom. The highest BCUT2D eigenvalue weighted by atomic mass is 32.2. The molecule has 1 saturated heterocycles. The molecule has 2 unspecified atom stereocenters. The lowest BCUT2D eigenvalue weighted by Gasteiger charge is -2.33. The van der Waals surface area contributed by atoms with Crippen molar-refractivity contribution in [1.82, 2.24) is 14.3 Å². The Morgan fingerprint density at radius 1 is 1.43 bits per heavy atom. The van der Waals surface area contributed by atoms with Crippen molar-refractivity contribution in [2.45, 2.75) is 37.7 Å². The molecular formula is C13H22N4O3S. The highest BCUT2D eigenvalue weighted by Crippen LogP contribution is 2.23. The second-order valence-corrected chi connectivity index (χ2v) is 7.30. The van der Waals surface area contributed by atoms with E-state index in [0.717, 1.165) is 13.0 Å². The smallest absolute Gasteiger partial charge is 0.246 e. The fraction of sp³-hybridized carbons (Fsp3) is 0.692. The quantitative estimate of drug-likeness (QED) is 0.830. The number of anilines is 1. The van der Waals surface area contributed by atoms with Gasteiger partial charge in [-0.1, -0.05) is 13.8 Å². The average Bonchev–Trinajstić information content (AvgIpc) is 2.48. The number of nitrogens with zero attached hydrogens (tertiary/aromatic N) is 3. The van der Waals surface area contributed by atoms with E-state index in [2.05, 4.69) is 15.3 Å². The van der Waals surface area contributed by atoms with Crippen LogP contribution in [0.2, 0.25) is 0 Å². The molecule has 2 heterocycles. The number of rotatable bonds is 5. The molecule has 118 valence electrons. The molecule has 0 spiro atoms. The summed E-state index contributed by atoms with van der Waals surface area (Å²) in [5, 5.41) is 12.7. The van der Waals surface area contributed by atoms with Gasteiger partial charge in [0.15, 0.2) is 0 Å². The molecule has 1 aromatic rings. The van der Waals surface area contributed by atoms with Crippen molar-refractivity contribution >= 4 is 16.0 Å². The molecule has 2 atom stereocenters. The predicted molar refractivity (Wildman–Crippen MR) is 79.4 cm³/mol. The van der Waals surface area contributed by atoms with Gasteiger partial charge in [-0.25, -0.2) is 18.4 Å². The van der Waals surface area contributed by atoms with Crippen molar-refractivity contribution in [2.75, 3.05) is 25.0 Å². The van der Waals surface area contributed by atoms with Gasteiger partial charge in [0.1, 0.15) is 4.90 Å². The van der Waals surface area contributed by atoms with Crippen LogP contribution in [0.4, 0.5) is 5.95 Å². The summed E-state index contributed by atoms with van der Waals surface area (Å²) in [4.78, 5) is 8.16. The summed E-state index contributed by atoms with van der Waals surface area (Å²) in [6.45, 7) is 5.26. The van der Waals surface area contributed by atoms with E-state index in [9.17, 15) is 13.5 Å². The summed E-state index contributed by atoms with van der Waals surface area (Å²) in [6, 6.07) is 0. The van der Waals surface area contributed by atoms with Crippen LogP contribution in [0.5, 0.6) is 0 Å². The monoisotopic (exact) mass is 314 g/mol. The zero-order chi connectivity index (χ0) is 15.5. The van der Waals surface area contributed by atoms with E-state index >= 15 is 0 Å². The van der Waals surface area contributed by atoms with Gasteiger partial charge >= 0.3 is 0 Å². The van der Waals surface area contributed by atoms with E-state index in [0.29, 0.717) is 25.5 Å². The summed E-state index contributed by atoms with van der Waals surface area (Å²) >= 11 is 0. The number of aliphatic hydroxyl groups excluding tert-OH is 1. The largest absolute Gasteiger partial charge is 0.393 e. The van der Waals surface area contributed by atoms with Gasteiger partial charge in [-0.15, -0.1) is 0 Å². The van der Waals surface area contributed by atoms with E-state index in [1.165, 1.54) is 16.7 Å². The number of sulfonamides is 1. The molecule has 0 amide bonds. The molecule has 0 saturated carbocycles. The van der Waals surface area contributed by atoms with Gasteiger partial charge in [0.25, 0.3) is 0 Å². The fourth-order valence-electron chi connectivity index (χ4n) is 2.24. The minimum atomic E-state index is -3.59. The summed E-state index contributed by atoms with van der Waals surface area (Å²) in [6.07, 6.45) is 3.62. The Kier molecular flexibility index (Phi) is 5.13. The third-order valence-electron chi connectivity index (χ3n) is 3.62. The highest BCUT2D eigenvalue weighted by Gasteiger charge is 2.33. The van der Waals surface area contributed by atoms with Crippen LogP contribution in [0.1, 0.15) is 26.7 Å². The van der Waals surface area contributed by atoms with Crippen LogP contribution >= 0.6 is 0 Å². The second-order valence-electron chi connectivity index (χ2n) is 5.37. The van der Waals surface area contributed by atoms with Crippen LogP contribution < -0.4 is 5.32 Å². The van der Waals surface area contributed by atoms with Crippen molar-refractivity contribution in [1.29, 1.82) is 0 Å². The van der Waals surface area contributed by atoms with Crippen molar-refractivity contribution < 1.29 is 13.5 Å². The summed E-state index contributed by atoms with van der Waals surface area (Å²) in [5.41, 5.74) is 0. The lowest BCUT2D eigenvalue weighted by molar-refractivity contribution is 0.0628. The molecule has 0 radical (unpaired) electrons. The third kappa shape index (κ3) is 3.69. The summed E-state index contributed by atoms with van der Waals surface area (Å²) in [5.74, 6) is 0.359. The molecule has 8 heteroatoms. The van der Waals surface area contributed by atoms with Gasteiger partial charge in [0.05, 0.1) is 18.5 Å². The van der Waals surface area contributed by atoms with Gasteiger partial charge < -0.3 is 10.4 Å². The zero-order valence-electron chi connectivity index (χ0n) is 12.4. The maximum absolute atomic E-state index is 12.5. The molecule has 0 bridgehead atoms. The maximum atomic E-state index is 12.5. The number of hydrogen-bond donors (Lipinski definition) is 2. The summed E-state index contributed by atoms with van der Waals surface area (Å²) < 4.78 is 26.4. The molecule has 0 aliphatic carbocycles. The van der Waals surface area contributed by atoms with Crippen LogP contribution in [-0.2, 0) is 10.0 Å². The second kappa shape index (κ2) is 6.67. The first-order chi connectivity index (χ1) is 9.95. The van der Waals surface area contributed by atoms with Crippen LogP contribution in [0.3, 0.4) is 0 Å². The molecule has 1 aromatic heterocycles. The molecule has 1 aliphatic heterocycles. The van der Waals surface area contributed by atoms with Crippen molar-refractivity contribution in [3.05, 3.63) is 12.4 Å². The first-order valence-electron chi connectivity index (χ1n) is 7.19. The van der Waals surface area contributed by atoms with E-state index in [1.54, 1.807) is 0 Å². The molecule has 1 aliphatic rings. The standard InChI is InChI=1S/C13H22N4O3S/c1-3-5-14-13-15-7-11(8-16-13)21(19,20)17-6-4-12(18)10(2)9-17/h7-8,10,12,18H,3-6,9H2,1-2H3,(H,14,15,16). The van der Waals surface area contributed by atoms with Crippen molar-refractivity contribution in [3.8, 4) is 0 Å². The van der Waals surface area contributed by atoms with Gasteiger partial charge in [0, 0.05) is 19.6 Å². The topological polar surface area (TPSA) is 95.4 Å². The van der Waals surface area contributed by atoms with E-state index in [-0.39, 0.29) is 10.8 Å². The number of aromatic nitrogens is 2. The maximum Gasteiger partial charge on any atom is 0.246 e. The van der Waals surface area contributed by atoms with E-state index in [1.807, 2.05) is 13.8 Å². The third-order valence-corrected chi connectivity index (χ3v) is 5.44. The zero-order valence-corrected chi connectivity index (χ0v) is 13.2. The van der Waals surface area contributed by atoms with E-state index in [4.69, 9.17) is 0 Å². The lowest BCUT2D eigenvalue weighted by Crippen LogP contribution is -2.44. The first-order valence-corrected chi connectivity index (χ1v) is 8.63. The molecular weight excluding hydrogens is 292 g/mol. The van der Waals surface area contributed by atoms with Crippen LogP contribution in [0, 0.1) is 5.92 Å². The Labute approximate surface area is 125 Å². The van der Waals surface area contributed by atoms with Gasteiger partial charge in [-0.3, -0.25) is 0 Å². The van der Waals surface area contributed by atoms with Crippen LogP contribution in [0.25, 0.3) is 0 Å². The average molecular weight is 314 g/mol. The predicted octanol–water partition coefficient (Wildman–Crippen LogP) is 0.690. The minimum absolute atomic E-state index is 0.0695. The Hall–Kier alpha value is -1.25. The van der Waals surface area contributed by atoms with Crippen LogP contribution in [-0.4, -0.2) is 53.5 Å². The van der Waals surface area contributed by atoms with Gasteiger partial charge in [0.2, 0.25) is 16.0 Å². The number of hydrogen-bond acceptors (Lipinski definition) is 6. The molecule has 21 heavy (non-hydrogen) atoms. The summed E-state index contributed by atoms with van der Waals surface area (Å²) in [7, 11) is -3.59. The fourth-order valence-corrected chi connectivity index (χ4v) is 3.69. The minimum Gasteiger partial charge on any atom is -0.393 e. The SMILES string of the molecule is CCCNc1ncc(S(=O)(=O)N2CCC(O)C(C)C2)cn1. The van der Waals surface area contributed by atoms with Gasteiger partial charge in [-0.05, 0) is 18.8 Å². The molecule has 0 aromatic carbocycles. The Balaban J connectivity index is 2.12. The van der Waals surface area contributed by atoms with Crippen molar-refractivity contribution in [2.24, 2.45) is 5.92 Å². The lowest BCUT2D eigenvalue weighted by atomic mass is 9.99. The normalized spacial score (nSPS) is 24.0. The first kappa shape index (κ1) is 16.1. The van der Waals surface area contributed by atoms with Crippen molar-refractivity contribution in [3.63, 3.8) is 0 Å². The van der Waals surface area contributed by atoms with E-state index < -0.39 is 16.1 Å². The molecule has 2 rings (SSSR count). The molecule has 2 N–H and O–H groups in total. The van der Waals surface area contributed by atoms with Crippen LogP contribution in [0.15, 0.2) is 17.3 Å². The van der Waals surface area contributed by atoms with Gasteiger partial charge in [-0.2, -0.15) is 4.31 Å². The Bertz CT molecular complexity index is 561. The highest BCUT2D eigenvalue weighted by molar-refractivity contribution is 7.89.